The summed E-state index contributed by atoms with van der Waals surface area (Å²) in [6, 6.07) is 1.96. The molecule has 4 saturated carbocycles. The Balaban J connectivity index is 1.45. The van der Waals surface area contributed by atoms with E-state index in [4.69, 9.17) is 4.74 Å². The van der Waals surface area contributed by atoms with Crippen LogP contribution in [0.5, 0.6) is 0 Å². The van der Waals surface area contributed by atoms with Gasteiger partial charge < -0.3 is 25.2 Å². The van der Waals surface area contributed by atoms with Gasteiger partial charge >= 0.3 is 42.4 Å². The lowest BCUT2D eigenvalue weighted by molar-refractivity contribution is -0.432. The van der Waals surface area contributed by atoms with Gasteiger partial charge in [0, 0.05) is 5.56 Å². The van der Waals surface area contributed by atoms with Gasteiger partial charge in [-0.25, -0.2) is 0 Å². The average Bonchev–Trinajstić information content (AvgIpc) is 3.80. The van der Waals surface area contributed by atoms with Crippen molar-refractivity contribution in [2.24, 2.45) is 58.7 Å². The summed E-state index contributed by atoms with van der Waals surface area (Å²) in [6.45, 7) is 6.73. The Morgan fingerprint density at radius 3 is 1.72 bits per heavy atom. The van der Waals surface area contributed by atoms with E-state index in [1.54, 1.807) is 6.92 Å². The zero-order valence-electron chi connectivity index (χ0n) is 31.1. The molecule has 5 rings (SSSR count). The zero-order chi connectivity index (χ0) is 43.7. The lowest BCUT2D eigenvalue weighted by Crippen LogP contribution is -2.65. The van der Waals surface area contributed by atoms with Gasteiger partial charge in [0.25, 0.3) is 5.60 Å². The van der Waals surface area contributed by atoms with Crippen LogP contribution >= 0.6 is 0 Å². The fraction of sp³-hybridized carbons (Fsp3) is 0.811. The largest absolute Gasteiger partial charge is 0.459 e. The maximum absolute atomic E-state index is 15.6. The van der Waals surface area contributed by atoms with E-state index in [1.165, 1.54) is 27.7 Å². The molecule has 0 aliphatic heterocycles. The Hall–Kier alpha value is -2.45. The maximum atomic E-state index is 15.6. The van der Waals surface area contributed by atoms with Crippen molar-refractivity contribution in [3.8, 4) is 0 Å². The molecule has 4 bridgehead atoms. The molecule has 12 atom stereocenters. The van der Waals surface area contributed by atoms with Gasteiger partial charge in [-0.2, -0.15) is 61.5 Å². The molecule has 6 nitrogen and oxygen atoms in total. The molecule has 20 heteroatoms. The lowest BCUT2D eigenvalue weighted by atomic mass is 9.57. The predicted octanol–water partition coefficient (Wildman–Crippen LogP) is 8.80. The second-order valence-electron chi connectivity index (χ2n) is 17.8. The highest BCUT2D eigenvalue weighted by Gasteiger charge is 2.76. The van der Waals surface area contributed by atoms with Crippen molar-refractivity contribution in [2.45, 2.75) is 126 Å². The number of carbonyl (C=O) groups excluding carboxylic acids is 1. The number of esters is 1. The van der Waals surface area contributed by atoms with E-state index < -0.39 is 143 Å². The number of carbonyl (C=O) groups is 1. The number of ether oxygens (including phenoxy) is 1. The van der Waals surface area contributed by atoms with Gasteiger partial charge in [-0.1, -0.05) is 38.1 Å². The van der Waals surface area contributed by atoms with Crippen LogP contribution in [-0.2, 0) is 15.1 Å². The first-order valence-electron chi connectivity index (χ1n) is 18.3. The average molecular weight is 851 g/mol. The highest BCUT2D eigenvalue weighted by atomic mass is 19.4. The summed E-state index contributed by atoms with van der Waals surface area (Å²) >= 11 is 0. The van der Waals surface area contributed by atoms with Crippen LogP contribution < -0.4 is 0 Å². The second-order valence-corrected chi connectivity index (χ2v) is 17.8. The topological polar surface area (TPSA) is 107 Å². The van der Waals surface area contributed by atoms with Crippen molar-refractivity contribution in [2.75, 3.05) is 0 Å². The normalized spacial score (nSPS) is 31.9. The number of hydrogen-bond donors (Lipinski definition) is 4. The van der Waals surface area contributed by atoms with Crippen molar-refractivity contribution in [3.63, 3.8) is 0 Å². The number of rotatable bonds is 10. The van der Waals surface area contributed by atoms with E-state index in [-0.39, 0.29) is 37.0 Å². The molecular weight excluding hydrogens is 806 g/mol. The summed E-state index contributed by atoms with van der Waals surface area (Å²) in [5.74, 6) is -20.3. The molecule has 4 aliphatic carbocycles. The number of halogens is 14. The van der Waals surface area contributed by atoms with Gasteiger partial charge in [0.05, 0.1) is 0 Å². The number of aliphatic hydroxyl groups excluding tert-OH is 1. The molecule has 0 radical (unpaired) electrons. The van der Waals surface area contributed by atoms with Crippen molar-refractivity contribution in [1.29, 1.82) is 0 Å². The first-order chi connectivity index (χ1) is 25.5. The minimum atomic E-state index is -6.22. The molecule has 4 aliphatic rings. The highest BCUT2D eigenvalue weighted by Crippen LogP contribution is 2.74. The fourth-order valence-electron chi connectivity index (χ4n) is 11.0. The molecular formula is C37H44F14O6. The Labute approximate surface area is 317 Å². The third-order valence-electron chi connectivity index (χ3n) is 13.5. The second kappa shape index (κ2) is 13.8. The monoisotopic (exact) mass is 850 g/mol. The Kier molecular flexibility index (Phi) is 11.0. The number of fused-ring (bicyclic) bond motifs is 9. The van der Waals surface area contributed by atoms with E-state index in [0.717, 1.165) is 0 Å². The van der Waals surface area contributed by atoms with E-state index in [2.05, 4.69) is 0 Å². The van der Waals surface area contributed by atoms with Crippen molar-refractivity contribution in [1.82, 2.24) is 0 Å². The summed E-state index contributed by atoms with van der Waals surface area (Å²) in [5, 5.41) is 39.1. The molecule has 1 aromatic rings. The van der Waals surface area contributed by atoms with Gasteiger partial charge in [0.2, 0.25) is 0 Å². The molecule has 326 valence electrons. The molecule has 57 heavy (non-hydrogen) atoms. The van der Waals surface area contributed by atoms with Gasteiger partial charge in [-0.05, 0) is 118 Å². The maximum Gasteiger partial charge on any atom is 0.449 e. The number of hydrogen-bond acceptors (Lipinski definition) is 6. The Bertz CT molecular complexity index is 1630. The van der Waals surface area contributed by atoms with Crippen molar-refractivity contribution in [3.05, 3.63) is 35.4 Å². The highest BCUT2D eigenvalue weighted by molar-refractivity contribution is 5.78. The summed E-state index contributed by atoms with van der Waals surface area (Å²) < 4.78 is 202. The van der Waals surface area contributed by atoms with Crippen LogP contribution in [0.15, 0.2) is 24.3 Å². The molecule has 0 heterocycles. The van der Waals surface area contributed by atoms with Crippen molar-refractivity contribution < 1.29 is 91.4 Å². The van der Waals surface area contributed by atoms with Crippen LogP contribution in [0, 0.1) is 58.7 Å². The van der Waals surface area contributed by atoms with Gasteiger partial charge in [0.15, 0.2) is 5.41 Å². The van der Waals surface area contributed by atoms with Crippen LogP contribution in [0.4, 0.5) is 61.5 Å². The molecule has 4 N–H and O–H groups in total. The third-order valence-corrected chi connectivity index (χ3v) is 13.5. The van der Waals surface area contributed by atoms with Crippen LogP contribution in [0.25, 0.3) is 0 Å². The molecule has 1 aromatic carbocycles. The van der Waals surface area contributed by atoms with Crippen LogP contribution in [0.1, 0.15) is 83.8 Å². The minimum absolute atomic E-state index is 0.136. The van der Waals surface area contributed by atoms with Gasteiger partial charge in [-0.15, -0.1) is 0 Å². The first kappa shape index (κ1) is 45.6. The predicted molar refractivity (Wildman–Crippen MR) is 170 cm³/mol. The van der Waals surface area contributed by atoms with Gasteiger partial charge in [-0.3, -0.25) is 4.79 Å². The summed E-state index contributed by atoms with van der Waals surface area (Å²) in [5.41, 5.74) is -11.9. The Morgan fingerprint density at radius 1 is 0.737 bits per heavy atom. The van der Waals surface area contributed by atoms with Crippen LogP contribution in [0.3, 0.4) is 0 Å². The van der Waals surface area contributed by atoms with Crippen LogP contribution in [-0.4, -0.2) is 74.5 Å². The molecule has 0 saturated heterocycles. The Morgan fingerprint density at radius 2 is 1.26 bits per heavy atom. The fourth-order valence-corrected chi connectivity index (χ4v) is 11.0. The number of aliphatic hydroxyl groups is 4. The number of alkyl halides is 14. The first-order valence-corrected chi connectivity index (χ1v) is 18.3. The smallest absolute Gasteiger partial charge is 0.449 e. The van der Waals surface area contributed by atoms with E-state index in [0.29, 0.717) is 12.1 Å². The molecule has 12 unspecified atom stereocenters. The third kappa shape index (κ3) is 7.10. The van der Waals surface area contributed by atoms with Gasteiger partial charge in [0.1, 0.15) is 11.7 Å². The molecule has 0 aromatic heterocycles. The summed E-state index contributed by atoms with van der Waals surface area (Å²) in [7, 11) is 0. The standard InChI is InChI=1S/C37H44F14O6/c1-15(17-6-8-19(9-7-17)31(54,35(43,44)45)36(46,47)48)13-30(34(40,41)42,28(53)57-29(3,4)5)14-24-16(2)20-12-22(24)25-18-10-21(26(20)25)23(11-18)27(52)32(38,39)33(55,56)37(49,50)51/h6-9,15-16,18,20-27,52,54-56H,10-14H2,1-5H3. The molecule has 0 spiro atoms. The molecule has 0 amide bonds. The zero-order valence-corrected chi connectivity index (χ0v) is 31.1. The minimum Gasteiger partial charge on any atom is -0.459 e. The summed E-state index contributed by atoms with van der Waals surface area (Å²) in [4.78, 5) is 13.9. The van der Waals surface area contributed by atoms with E-state index >= 15 is 13.2 Å². The summed E-state index contributed by atoms with van der Waals surface area (Å²) in [6.07, 6.45) is -28.9. The quantitative estimate of drug-likeness (QED) is 0.0812. The van der Waals surface area contributed by atoms with Crippen molar-refractivity contribution >= 4 is 5.97 Å². The molecule has 4 fully saturated rings. The lowest BCUT2D eigenvalue weighted by Gasteiger charge is -2.48. The number of benzene rings is 1. The van der Waals surface area contributed by atoms with E-state index in [1.807, 2.05) is 0 Å². The SMILES string of the molecule is CC(CC(CC1C(C)C2CC1C1C3CC(C(C(O)C(F)(F)C(O)(O)C(F)(F)F)C3)C21)(C(=O)OC(C)(C)C)C(F)(F)F)c1ccc(C(O)(C(F)(F)F)C(F)(F)F)cc1. The van der Waals surface area contributed by atoms with E-state index in [9.17, 15) is 73.5 Å². The van der Waals surface area contributed by atoms with Crippen LogP contribution in [0.2, 0.25) is 0 Å².